The number of carbonyl (C=O) groups excluding carboxylic acids is 1. The van der Waals surface area contributed by atoms with Crippen LogP contribution in [0.15, 0.2) is 78.9 Å². The third kappa shape index (κ3) is 6.40. The van der Waals surface area contributed by atoms with E-state index in [4.69, 9.17) is 9.84 Å². The Kier molecular flexibility index (Phi) is 8.18. The van der Waals surface area contributed by atoms with Gasteiger partial charge in [-0.05, 0) is 65.4 Å². The number of carbonyl (C=O) groups is 2. The van der Waals surface area contributed by atoms with Crippen molar-refractivity contribution < 1.29 is 19.4 Å². The molecule has 1 N–H and O–H groups in total. The molecule has 1 atom stereocenters. The molecule has 6 heteroatoms. The van der Waals surface area contributed by atoms with E-state index in [-0.39, 0.29) is 11.8 Å². The summed E-state index contributed by atoms with van der Waals surface area (Å²) in [6.07, 6.45) is 4.31. The average molecular weight is 485 g/mol. The Labute approximate surface area is 212 Å². The quantitative estimate of drug-likeness (QED) is 0.429. The molecule has 3 aromatic rings. The molecule has 0 aliphatic carbocycles. The van der Waals surface area contributed by atoms with Crippen LogP contribution in [0.2, 0.25) is 0 Å². The summed E-state index contributed by atoms with van der Waals surface area (Å²) in [6, 6.07) is 24.1. The van der Waals surface area contributed by atoms with Crippen LogP contribution in [0.4, 0.5) is 11.4 Å². The summed E-state index contributed by atoms with van der Waals surface area (Å²) in [4.78, 5) is 28.4. The van der Waals surface area contributed by atoms with Crippen LogP contribution < -0.4 is 9.80 Å². The standard InChI is InChI=1S/C30H32N2O4/c1-31(2)27-15-13-25(14-16-27)24-11-8-23(9-12-24)20-32(30(35)26-6-4-18-36-21-26)28-7-3-5-22(19-28)10-17-29(33)34/h3,5,7-17,19,26H,4,6,18,20-21H2,1-2H3,(H,33,34)/t26-/m1/s1. The SMILES string of the molecule is CN(C)c1ccc(-c2ccc(CN(C(=O)[C@@H]3CCCOC3)c3cccc(C=CC(=O)O)c3)cc2)cc1. The lowest BCUT2D eigenvalue weighted by molar-refractivity contribution is -0.131. The van der Waals surface area contributed by atoms with Gasteiger partial charge in [-0.25, -0.2) is 4.79 Å². The van der Waals surface area contributed by atoms with Gasteiger partial charge in [-0.3, -0.25) is 4.79 Å². The minimum absolute atomic E-state index is 0.0254. The third-order valence-corrected chi connectivity index (χ3v) is 6.39. The van der Waals surface area contributed by atoms with E-state index in [0.29, 0.717) is 19.8 Å². The number of hydrogen-bond acceptors (Lipinski definition) is 4. The van der Waals surface area contributed by atoms with Crippen molar-refractivity contribution in [3.8, 4) is 11.1 Å². The summed E-state index contributed by atoms with van der Waals surface area (Å²) in [5, 5.41) is 8.98. The van der Waals surface area contributed by atoms with Gasteiger partial charge in [0, 0.05) is 38.2 Å². The number of ether oxygens (including phenoxy) is 1. The van der Waals surface area contributed by atoms with E-state index in [9.17, 15) is 9.59 Å². The molecule has 1 fully saturated rings. The topological polar surface area (TPSA) is 70.1 Å². The molecule has 1 saturated heterocycles. The summed E-state index contributed by atoms with van der Waals surface area (Å²) >= 11 is 0. The molecule has 36 heavy (non-hydrogen) atoms. The van der Waals surface area contributed by atoms with Gasteiger partial charge in [0.1, 0.15) is 0 Å². The zero-order valence-electron chi connectivity index (χ0n) is 20.8. The van der Waals surface area contributed by atoms with Crippen LogP contribution in [-0.4, -0.2) is 44.3 Å². The van der Waals surface area contributed by atoms with Gasteiger partial charge in [0.15, 0.2) is 0 Å². The van der Waals surface area contributed by atoms with E-state index in [1.807, 2.05) is 38.4 Å². The molecular formula is C30H32N2O4. The second-order valence-electron chi connectivity index (χ2n) is 9.24. The molecule has 0 unspecified atom stereocenters. The van der Waals surface area contributed by atoms with Gasteiger partial charge in [-0.1, -0.05) is 48.5 Å². The average Bonchev–Trinajstić information content (AvgIpc) is 2.91. The van der Waals surface area contributed by atoms with Crippen LogP contribution in [0.5, 0.6) is 0 Å². The molecule has 0 saturated carbocycles. The first-order valence-corrected chi connectivity index (χ1v) is 12.2. The first kappa shape index (κ1) is 25.2. The van der Waals surface area contributed by atoms with Crippen molar-refractivity contribution in [2.75, 3.05) is 37.1 Å². The molecule has 0 spiro atoms. The summed E-state index contributed by atoms with van der Waals surface area (Å²) in [5.41, 5.74) is 5.88. The molecule has 0 aromatic heterocycles. The molecular weight excluding hydrogens is 452 g/mol. The van der Waals surface area contributed by atoms with Gasteiger partial charge in [0.2, 0.25) is 5.91 Å². The van der Waals surface area contributed by atoms with E-state index in [1.165, 1.54) is 6.08 Å². The van der Waals surface area contributed by atoms with Gasteiger partial charge >= 0.3 is 5.97 Å². The molecule has 4 rings (SSSR count). The van der Waals surface area contributed by atoms with Gasteiger partial charge in [0.25, 0.3) is 0 Å². The number of carboxylic acid groups (broad SMARTS) is 1. The lowest BCUT2D eigenvalue weighted by Crippen LogP contribution is -2.39. The van der Waals surface area contributed by atoms with E-state index in [0.717, 1.165) is 52.5 Å². The van der Waals surface area contributed by atoms with Crippen molar-refractivity contribution in [1.82, 2.24) is 0 Å². The Morgan fingerprint density at radius 2 is 1.67 bits per heavy atom. The fraction of sp³-hybridized carbons (Fsp3) is 0.267. The first-order chi connectivity index (χ1) is 17.4. The molecule has 1 amide bonds. The highest BCUT2D eigenvalue weighted by atomic mass is 16.5. The third-order valence-electron chi connectivity index (χ3n) is 6.39. The molecule has 1 heterocycles. The summed E-state index contributed by atoms with van der Waals surface area (Å²) in [5.74, 6) is -1.17. The number of benzene rings is 3. The van der Waals surface area contributed by atoms with E-state index < -0.39 is 5.97 Å². The van der Waals surface area contributed by atoms with Crippen molar-refractivity contribution in [2.24, 2.45) is 5.92 Å². The fourth-order valence-corrected chi connectivity index (χ4v) is 4.35. The predicted molar refractivity (Wildman–Crippen MR) is 144 cm³/mol. The molecule has 1 aliphatic rings. The van der Waals surface area contributed by atoms with Crippen LogP contribution in [0.3, 0.4) is 0 Å². The smallest absolute Gasteiger partial charge is 0.328 e. The Hall–Kier alpha value is -3.90. The highest BCUT2D eigenvalue weighted by Crippen LogP contribution is 2.27. The largest absolute Gasteiger partial charge is 0.478 e. The van der Waals surface area contributed by atoms with Gasteiger partial charge in [0.05, 0.1) is 19.1 Å². The zero-order valence-corrected chi connectivity index (χ0v) is 20.8. The summed E-state index contributed by atoms with van der Waals surface area (Å²) in [7, 11) is 4.04. The summed E-state index contributed by atoms with van der Waals surface area (Å²) in [6.45, 7) is 1.54. The van der Waals surface area contributed by atoms with Crippen molar-refractivity contribution in [3.05, 3.63) is 90.0 Å². The van der Waals surface area contributed by atoms with Gasteiger partial charge in [-0.15, -0.1) is 0 Å². The van der Waals surface area contributed by atoms with Gasteiger partial charge in [-0.2, -0.15) is 0 Å². The number of amides is 1. The van der Waals surface area contributed by atoms with E-state index in [1.54, 1.807) is 4.90 Å². The maximum absolute atomic E-state index is 13.6. The number of rotatable bonds is 8. The molecule has 6 nitrogen and oxygen atoms in total. The Balaban J connectivity index is 1.58. The molecule has 0 radical (unpaired) electrons. The van der Waals surface area contributed by atoms with Crippen molar-refractivity contribution in [2.45, 2.75) is 19.4 Å². The van der Waals surface area contributed by atoms with Crippen LogP contribution >= 0.6 is 0 Å². The Morgan fingerprint density at radius 3 is 2.28 bits per heavy atom. The Bertz CT molecular complexity index is 1210. The van der Waals surface area contributed by atoms with Crippen LogP contribution in [0, 0.1) is 5.92 Å². The minimum Gasteiger partial charge on any atom is -0.478 e. The zero-order chi connectivity index (χ0) is 25.5. The molecule has 186 valence electrons. The van der Waals surface area contributed by atoms with Gasteiger partial charge < -0.3 is 19.6 Å². The monoisotopic (exact) mass is 484 g/mol. The number of hydrogen-bond donors (Lipinski definition) is 1. The number of nitrogens with zero attached hydrogens (tertiary/aromatic N) is 2. The normalized spacial score (nSPS) is 15.6. The maximum atomic E-state index is 13.6. The number of aliphatic carboxylic acids is 1. The summed E-state index contributed by atoms with van der Waals surface area (Å²) < 4.78 is 5.59. The lowest BCUT2D eigenvalue weighted by Gasteiger charge is -2.30. The van der Waals surface area contributed by atoms with Crippen LogP contribution in [0.25, 0.3) is 17.2 Å². The molecule has 0 bridgehead atoms. The lowest BCUT2D eigenvalue weighted by atomic mass is 9.99. The molecule has 3 aromatic carbocycles. The van der Waals surface area contributed by atoms with Crippen LogP contribution in [0.1, 0.15) is 24.0 Å². The van der Waals surface area contributed by atoms with Crippen molar-refractivity contribution in [3.63, 3.8) is 0 Å². The predicted octanol–water partition coefficient (Wildman–Crippen LogP) is 5.48. The second kappa shape index (κ2) is 11.7. The minimum atomic E-state index is -1.01. The fourth-order valence-electron chi connectivity index (χ4n) is 4.35. The highest BCUT2D eigenvalue weighted by molar-refractivity contribution is 5.95. The number of carboxylic acids is 1. The maximum Gasteiger partial charge on any atom is 0.328 e. The van der Waals surface area contributed by atoms with E-state index in [2.05, 4.69) is 53.4 Å². The first-order valence-electron chi connectivity index (χ1n) is 12.2. The van der Waals surface area contributed by atoms with E-state index >= 15 is 0 Å². The van der Waals surface area contributed by atoms with Crippen LogP contribution in [-0.2, 0) is 20.9 Å². The molecule has 1 aliphatic heterocycles. The van der Waals surface area contributed by atoms with Crippen molar-refractivity contribution in [1.29, 1.82) is 0 Å². The Morgan fingerprint density at radius 1 is 0.972 bits per heavy atom. The van der Waals surface area contributed by atoms with Crippen molar-refractivity contribution >= 4 is 29.3 Å². The number of anilines is 2. The highest BCUT2D eigenvalue weighted by Gasteiger charge is 2.28. The second-order valence-corrected chi connectivity index (χ2v) is 9.24.